The summed E-state index contributed by atoms with van der Waals surface area (Å²) in [5, 5.41) is 10.6. The smallest absolute Gasteiger partial charge is 0.386 e. The summed E-state index contributed by atoms with van der Waals surface area (Å²) < 4.78 is 79.5. The Bertz CT molecular complexity index is 766. The van der Waals surface area contributed by atoms with E-state index in [-0.39, 0.29) is 11.3 Å². The Morgan fingerprint density at radius 3 is 2.28 bits per heavy atom. The van der Waals surface area contributed by atoms with Gasteiger partial charge in [-0.1, -0.05) is 12.1 Å². The van der Waals surface area contributed by atoms with Crippen molar-refractivity contribution in [2.75, 3.05) is 0 Å². The summed E-state index contributed by atoms with van der Waals surface area (Å²) in [6.07, 6.45) is -6.86. The van der Waals surface area contributed by atoms with Gasteiger partial charge in [-0.15, -0.1) is 0 Å². The van der Waals surface area contributed by atoms with Crippen LogP contribution in [0.1, 0.15) is 35.8 Å². The molecule has 1 atom stereocenters. The van der Waals surface area contributed by atoms with Crippen LogP contribution in [0.15, 0.2) is 42.6 Å². The van der Waals surface area contributed by atoms with E-state index >= 15 is 0 Å². The second-order valence-corrected chi connectivity index (χ2v) is 6.22. The molecule has 0 saturated heterocycles. The molecule has 1 aliphatic carbocycles. The predicted octanol–water partition coefficient (Wildman–Crippen LogP) is 4.64. The van der Waals surface area contributed by atoms with E-state index in [2.05, 4.69) is 4.98 Å². The number of aromatic nitrogens is 1. The van der Waals surface area contributed by atoms with E-state index in [9.17, 15) is 31.4 Å². The molecule has 1 heterocycles. The van der Waals surface area contributed by atoms with Crippen molar-refractivity contribution in [3.05, 3.63) is 65.2 Å². The van der Waals surface area contributed by atoms with E-state index in [4.69, 9.17) is 0 Å². The fourth-order valence-corrected chi connectivity index (χ4v) is 3.30. The lowest BCUT2D eigenvalue weighted by atomic mass is 9.58. The first-order valence-electron chi connectivity index (χ1n) is 7.39. The van der Waals surface area contributed by atoms with Gasteiger partial charge in [-0.05, 0) is 29.8 Å². The highest BCUT2D eigenvalue weighted by Crippen LogP contribution is 2.59. The zero-order valence-corrected chi connectivity index (χ0v) is 12.7. The van der Waals surface area contributed by atoms with Crippen molar-refractivity contribution < 1.29 is 31.4 Å². The van der Waals surface area contributed by atoms with Gasteiger partial charge in [-0.2, -0.15) is 13.2 Å². The number of aliphatic hydroxyl groups excluding tert-OH is 1. The third-order valence-corrected chi connectivity index (χ3v) is 4.49. The average molecular weight is 361 g/mol. The Labute approximate surface area is 139 Å². The Balaban J connectivity index is 2.09. The molecule has 1 unspecified atom stereocenters. The number of alkyl halides is 5. The zero-order valence-electron chi connectivity index (χ0n) is 12.7. The first-order chi connectivity index (χ1) is 11.6. The molecule has 1 N–H and O–H groups in total. The molecule has 1 saturated carbocycles. The van der Waals surface area contributed by atoms with Gasteiger partial charge in [0, 0.05) is 24.5 Å². The monoisotopic (exact) mass is 361 g/mol. The molecular formula is C17H13F6NO. The first kappa shape index (κ1) is 17.7. The number of rotatable bonds is 3. The van der Waals surface area contributed by atoms with Crippen LogP contribution < -0.4 is 0 Å². The Morgan fingerprint density at radius 1 is 1.08 bits per heavy atom. The number of pyridine rings is 1. The van der Waals surface area contributed by atoms with Crippen LogP contribution in [0, 0.1) is 5.82 Å². The Morgan fingerprint density at radius 2 is 1.76 bits per heavy atom. The van der Waals surface area contributed by atoms with Crippen molar-refractivity contribution in [1.82, 2.24) is 4.98 Å². The van der Waals surface area contributed by atoms with Crippen molar-refractivity contribution in [3.8, 4) is 0 Å². The second-order valence-electron chi connectivity index (χ2n) is 6.22. The second kappa shape index (κ2) is 5.72. The lowest BCUT2D eigenvalue weighted by Gasteiger charge is -2.50. The lowest BCUT2D eigenvalue weighted by Crippen LogP contribution is -2.53. The van der Waals surface area contributed by atoms with E-state index in [1.54, 1.807) is 6.07 Å². The third kappa shape index (κ3) is 3.10. The van der Waals surface area contributed by atoms with Gasteiger partial charge in [0.05, 0.1) is 11.3 Å². The quantitative estimate of drug-likeness (QED) is 0.808. The summed E-state index contributed by atoms with van der Waals surface area (Å²) in [6.45, 7) is 0. The number of aliphatic hydroxyl groups is 1. The number of halogens is 6. The average Bonchev–Trinajstić information content (AvgIpc) is 2.51. The van der Waals surface area contributed by atoms with Crippen LogP contribution in [0.2, 0.25) is 0 Å². The van der Waals surface area contributed by atoms with Crippen molar-refractivity contribution in [1.29, 1.82) is 0 Å². The number of hydrogen-bond donors (Lipinski definition) is 1. The Hall–Kier alpha value is -2.09. The molecule has 0 spiro atoms. The predicted molar refractivity (Wildman–Crippen MR) is 76.5 cm³/mol. The van der Waals surface area contributed by atoms with Gasteiger partial charge in [0.2, 0.25) is 5.92 Å². The summed E-state index contributed by atoms with van der Waals surface area (Å²) in [4.78, 5) is 3.90. The maximum absolute atomic E-state index is 13.6. The fraction of sp³-hybridized carbons (Fsp3) is 0.353. The van der Waals surface area contributed by atoms with Gasteiger partial charge in [0.25, 0.3) is 0 Å². The highest BCUT2D eigenvalue weighted by atomic mass is 19.4. The van der Waals surface area contributed by atoms with Crippen LogP contribution in [-0.4, -0.2) is 16.0 Å². The van der Waals surface area contributed by atoms with Gasteiger partial charge in [0.15, 0.2) is 0 Å². The summed E-state index contributed by atoms with van der Waals surface area (Å²) in [5.41, 5.74) is -3.33. The minimum absolute atomic E-state index is 0.0656. The van der Waals surface area contributed by atoms with Crippen LogP contribution >= 0.6 is 0 Å². The zero-order chi connectivity index (χ0) is 18.5. The van der Waals surface area contributed by atoms with E-state index in [0.717, 1.165) is 6.07 Å². The molecule has 0 amide bonds. The van der Waals surface area contributed by atoms with Crippen molar-refractivity contribution in [2.24, 2.45) is 0 Å². The molecule has 0 aliphatic heterocycles. The maximum Gasteiger partial charge on any atom is 0.419 e. The van der Waals surface area contributed by atoms with Crippen LogP contribution in [0.4, 0.5) is 26.3 Å². The normalized spacial score (nSPS) is 20.0. The Kier molecular flexibility index (Phi) is 4.06. The van der Waals surface area contributed by atoms with Gasteiger partial charge in [0.1, 0.15) is 11.9 Å². The molecule has 2 aromatic rings. The number of benzene rings is 1. The largest absolute Gasteiger partial charge is 0.419 e. The third-order valence-electron chi connectivity index (χ3n) is 4.49. The first-order valence-corrected chi connectivity index (χ1v) is 7.39. The van der Waals surface area contributed by atoms with Crippen LogP contribution in [0.5, 0.6) is 0 Å². The SMILES string of the molecule is OC(c1ccccn1)C1(c2ccc(F)c(C(F)(F)F)c2)CC(F)(F)C1. The van der Waals surface area contributed by atoms with Crippen LogP contribution in [0.3, 0.4) is 0 Å². The maximum atomic E-state index is 13.6. The van der Waals surface area contributed by atoms with Gasteiger partial charge in [-0.3, -0.25) is 4.98 Å². The number of nitrogens with zero attached hydrogens (tertiary/aromatic N) is 1. The minimum Gasteiger partial charge on any atom is -0.386 e. The summed E-state index contributed by atoms with van der Waals surface area (Å²) in [7, 11) is 0. The van der Waals surface area contributed by atoms with Crippen LogP contribution in [-0.2, 0) is 11.6 Å². The molecule has 8 heteroatoms. The fourth-order valence-electron chi connectivity index (χ4n) is 3.30. The standard InChI is InChI=1S/C17H13F6NO/c18-12-5-4-10(7-11(12)17(21,22)23)15(8-16(19,20)9-15)14(25)13-3-1-2-6-24-13/h1-7,14,25H,8-9H2. The molecule has 0 radical (unpaired) electrons. The van der Waals surface area contributed by atoms with Gasteiger partial charge in [-0.25, -0.2) is 13.2 Å². The van der Waals surface area contributed by atoms with E-state index < -0.39 is 47.8 Å². The van der Waals surface area contributed by atoms with E-state index in [1.165, 1.54) is 18.3 Å². The van der Waals surface area contributed by atoms with Gasteiger partial charge < -0.3 is 5.11 Å². The van der Waals surface area contributed by atoms with Crippen LogP contribution in [0.25, 0.3) is 0 Å². The van der Waals surface area contributed by atoms with E-state index in [1.807, 2.05) is 0 Å². The molecule has 0 bridgehead atoms. The van der Waals surface area contributed by atoms with Crippen molar-refractivity contribution in [3.63, 3.8) is 0 Å². The molecular weight excluding hydrogens is 348 g/mol. The minimum atomic E-state index is -4.97. The van der Waals surface area contributed by atoms with Crippen molar-refractivity contribution in [2.45, 2.75) is 36.5 Å². The summed E-state index contributed by atoms with van der Waals surface area (Å²) in [5.74, 6) is -4.62. The van der Waals surface area contributed by atoms with Crippen molar-refractivity contribution >= 4 is 0 Å². The topological polar surface area (TPSA) is 33.1 Å². The van der Waals surface area contributed by atoms with E-state index in [0.29, 0.717) is 12.1 Å². The lowest BCUT2D eigenvalue weighted by molar-refractivity contribution is -0.163. The number of hydrogen-bond acceptors (Lipinski definition) is 2. The van der Waals surface area contributed by atoms with Gasteiger partial charge >= 0.3 is 6.18 Å². The molecule has 1 aliphatic rings. The molecule has 3 rings (SSSR count). The molecule has 25 heavy (non-hydrogen) atoms. The summed E-state index contributed by atoms with van der Waals surface area (Å²) in [6, 6.07) is 6.57. The highest BCUT2D eigenvalue weighted by Gasteiger charge is 2.61. The summed E-state index contributed by atoms with van der Waals surface area (Å²) >= 11 is 0. The molecule has 1 aromatic heterocycles. The molecule has 134 valence electrons. The molecule has 1 aromatic carbocycles. The molecule has 2 nitrogen and oxygen atoms in total. The molecule has 1 fully saturated rings. The highest BCUT2D eigenvalue weighted by molar-refractivity contribution is 5.39.